The Labute approximate surface area is 112 Å². The molecule has 0 N–H and O–H groups in total. The Balaban J connectivity index is 2.27. The molecule has 2 aromatic carbocycles. The number of pyridine rings is 1. The van der Waals surface area contributed by atoms with Crippen molar-refractivity contribution < 1.29 is 4.74 Å². The van der Waals surface area contributed by atoms with E-state index < -0.39 is 0 Å². The maximum atomic E-state index is 5.37. The molecular weight excluding hydrogens is 234 g/mol. The molecule has 0 saturated carbocycles. The van der Waals surface area contributed by atoms with E-state index in [0.717, 1.165) is 27.8 Å². The van der Waals surface area contributed by atoms with E-state index in [1.54, 1.807) is 13.3 Å². The molecule has 2 heteroatoms. The van der Waals surface area contributed by atoms with Crippen molar-refractivity contribution >= 4 is 10.8 Å². The summed E-state index contributed by atoms with van der Waals surface area (Å²) < 4.78 is 5.37. The average Bonchev–Trinajstić information content (AvgIpc) is 2.47. The first kappa shape index (κ1) is 11.7. The van der Waals surface area contributed by atoms with Gasteiger partial charge >= 0.3 is 0 Å². The zero-order valence-corrected chi connectivity index (χ0v) is 11.1. The van der Waals surface area contributed by atoms with Crippen LogP contribution in [0.2, 0.25) is 0 Å². The summed E-state index contributed by atoms with van der Waals surface area (Å²) in [5.41, 5.74) is 3.38. The lowest BCUT2D eigenvalue weighted by Crippen LogP contribution is -1.91. The Morgan fingerprint density at radius 1 is 0.895 bits per heavy atom. The fourth-order valence-electron chi connectivity index (χ4n) is 2.27. The van der Waals surface area contributed by atoms with Crippen LogP contribution in [0.25, 0.3) is 22.0 Å². The van der Waals surface area contributed by atoms with Gasteiger partial charge in [0.2, 0.25) is 0 Å². The van der Waals surface area contributed by atoms with Gasteiger partial charge in [0.25, 0.3) is 0 Å². The van der Waals surface area contributed by atoms with Crippen molar-refractivity contribution in [2.24, 2.45) is 0 Å². The maximum absolute atomic E-state index is 5.37. The number of aromatic nitrogens is 1. The van der Waals surface area contributed by atoms with Gasteiger partial charge in [0, 0.05) is 16.3 Å². The first-order valence-corrected chi connectivity index (χ1v) is 6.28. The molecule has 3 rings (SSSR count). The summed E-state index contributed by atoms with van der Waals surface area (Å²) in [7, 11) is 1.68. The van der Waals surface area contributed by atoms with E-state index in [1.807, 2.05) is 12.1 Å². The zero-order valence-electron chi connectivity index (χ0n) is 11.1. The van der Waals surface area contributed by atoms with Crippen molar-refractivity contribution in [3.63, 3.8) is 0 Å². The summed E-state index contributed by atoms with van der Waals surface area (Å²) in [6, 6.07) is 16.6. The molecule has 94 valence electrons. The minimum absolute atomic E-state index is 0.812. The number of methoxy groups -OCH3 is 1. The van der Waals surface area contributed by atoms with Gasteiger partial charge in [-0.1, -0.05) is 54.1 Å². The third kappa shape index (κ3) is 2.06. The molecule has 1 aromatic heterocycles. The van der Waals surface area contributed by atoms with Gasteiger partial charge < -0.3 is 4.74 Å². The number of hydrogen-bond acceptors (Lipinski definition) is 2. The largest absolute Gasteiger partial charge is 0.494 e. The molecule has 0 bridgehead atoms. The highest BCUT2D eigenvalue weighted by Gasteiger charge is 2.08. The predicted molar refractivity (Wildman–Crippen MR) is 78.5 cm³/mol. The summed E-state index contributed by atoms with van der Waals surface area (Å²) in [6.45, 7) is 2.09. The molecule has 0 fully saturated rings. The number of aryl methyl sites for hydroxylation is 1. The number of hydrogen-bond donors (Lipinski definition) is 0. The standard InChI is InChI=1S/C17H15NO/c1-12-7-9-13(10-8-12)17-15-6-4-3-5-14(15)16(19-2)11-18-17/h3-11H,1-2H3. The molecule has 0 spiro atoms. The van der Waals surface area contributed by atoms with E-state index in [4.69, 9.17) is 4.74 Å². The summed E-state index contributed by atoms with van der Waals surface area (Å²) in [5.74, 6) is 0.812. The van der Waals surface area contributed by atoms with Gasteiger partial charge in [-0.15, -0.1) is 0 Å². The molecular formula is C17H15NO. The normalized spacial score (nSPS) is 10.6. The van der Waals surface area contributed by atoms with Crippen LogP contribution >= 0.6 is 0 Å². The van der Waals surface area contributed by atoms with Crippen molar-refractivity contribution in [2.75, 3.05) is 7.11 Å². The van der Waals surface area contributed by atoms with Crippen molar-refractivity contribution in [3.05, 3.63) is 60.3 Å². The van der Waals surface area contributed by atoms with Gasteiger partial charge in [-0.3, -0.25) is 4.98 Å². The van der Waals surface area contributed by atoms with Crippen LogP contribution in [0.3, 0.4) is 0 Å². The fraction of sp³-hybridized carbons (Fsp3) is 0.118. The van der Waals surface area contributed by atoms with E-state index in [-0.39, 0.29) is 0 Å². The van der Waals surface area contributed by atoms with E-state index in [2.05, 4.69) is 48.3 Å². The van der Waals surface area contributed by atoms with Crippen molar-refractivity contribution in [3.8, 4) is 17.0 Å². The number of benzene rings is 2. The third-order valence-corrected chi connectivity index (χ3v) is 3.30. The summed E-state index contributed by atoms with van der Waals surface area (Å²) in [5, 5.41) is 2.21. The van der Waals surface area contributed by atoms with Crippen LogP contribution in [0.5, 0.6) is 5.75 Å². The predicted octanol–water partition coefficient (Wildman–Crippen LogP) is 4.22. The lowest BCUT2D eigenvalue weighted by atomic mass is 10.0. The summed E-state index contributed by atoms with van der Waals surface area (Å²) in [6.07, 6.45) is 1.79. The van der Waals surface area contributed by atoms with Crippen LogP contribution in [-0.2, 0) is 0 Å². The molecule has 1 heterocycles. The van der Waals surface area contributed by atoms with Gasteiger partial charge in [0.15, 0.2) is 0 Å². The molecule has 3 aromatic rings. The second-order valence-electron chi connectivity index (χ2n) is 4.59. The SMILES string of the molecule is COc1cnc(-c2ccc(C)cc2)c2ccccc12. The van der Waals surface area contributed by atoms with Gasteiger partial charge in [-0.2, -0.15) is 0 Å². The van der Waals surface area contributed by atoms with E-state index in [0.29, 0.717) is 0 Å². The molecule has 0 aliphatic carbocycles. The molecule has 0 aliphatic heterocycles. The Kier molecular flexibility index (Phi) is 2.92. The maximum Gasteiger partial charge on any atom is 0.145 e. The minimum atomic E-state index is 0.812. The molecule has 2 nitrogen and oxygen atoms in total. The third-order valence-electron chi connectivity index (χ3n) is 3.30. The molecule has 0 amide bonds. The van der Waals surface area contributed by atoms with Crippen molar-refractivity contribution in [1.29, 1.82) is 0 Å². The lowest BCUT2D eigenvalue weighted by Gasteiger charge is -2.09. The average molecular weight is 249 g/mol. The smallest absolute Gasteiger partial charge is 0.145 e. The first-order chi connectivity index (χ1) is 9.29. The Hall–Kier alpha value is -2.35. The second-order valence-corrected chi connectivity index (χ2v) is 4.59. The van der Waals surface area contributed by atoms with E-state index >= 15 is 0 Å². The monoisotopic (exact) mass is 249 g/mol. The number of rotatable bonds is 2. The number of nitrogens with zero attached hydrogens (tertiary/aromatic N) is 1. The molecule has 0 saturated heterocycles. The van der Waals surface area contributed by atoms with Crippen LogP contribution in [0.1, 0.15) is 5.56 Å². The minimum Gasteiger partial charge on any atom is -0.494 e. The molecule has 0 radical (unpaired) electrons. The fourth-order valence-corrected chi connectivity index (χ4v) is 2.27. The molecule has 0 unspecified atom stereocenters. The van der Waals surface area contributed by atoms with Crippen LogP contribution in [0.4, 0.5) is 0 Å². The highest BCUT2D eigenvalue weighted by atomic mass is 16.5. The highest BCUT2D eigenvalue weighted by Crippen LogP contribution is 2.32. The molecule has 0 atom stereocenters. The number of fused-ring (bicyclic) bond motifs is 1. The first-order valence-electron chi connectivity index (χ1n) is 6.28. The zero-order chi connectivity index (χ0) is 13.2. The Morgan fingerprint density at radius 3 is 2.26 bits per heavy atom. The Bertz CT molecular complexity index is 717. The summed E-state index contributed by atoms with van der Waals surface area (Å²) in [4.78, 5) is 4.55. The van der Waals surface area contributed by atoms with E-state index in [1.165, 1.54) is 5.56 Å². The van der Waals surface area contributed by atoms with Crippen molar-refractivity contribution in [1.82, 2.24) is 4.98 Å². The topological polar surface area (TPSA) is 22.1 Å². The quantitative estimate of drug-likeness (QED) is 0.678. The Morgan fingerprint density at radius 2 is 1.58 bits per heavy atom. The van der Waals surface area contributed by atoms with Crippen molar-refractivity contribution in [2.45, 2.75) is 6.92 Å². The number of ether oxygens (including phenoxy) is 1. The molecule has 0 aliphatic rings. The second kappa shape index (κ2) is 4.73. The van der Waals surface area contributed by atoms with Crippen LogP contribution < -0.4 is 4.74 Å². The van der Waals surface area contributed by atoms with Gasteiger partial charge in [-0.05, 0) is 6.92 Å². The van der Waals surface area contributed by atoms with Gasteiger partial charge in [-0.25, -0.2) is 0 Å². The molecule has 19 heavy (non-hydrogen) atoms. The van der Waals surface area contributed by atoms with Crippen LogP contribution in [0, 0.1) is 6.92 Å². The van der Waals surface area contributed by atoms with E-state index in [9.17, 15) is 0 Å². The van der Waals surface area contributed by atoms with Crippen LogP contribution in [-0.4, -0.2) is 12.1 Å². The van der Waals surface area contributed by atoms with Gasteiger partial charge in [0.1, 0.15) is 5.75 Å². The summed E-state index contributed by atoms with van der Waals surface area (Å²) >= 11 is 0. The highest BCUT2D eigenvalue weighted by molar-refractivity contribution is 5.97. The lowest BCUT2D eigenvalue weighted by molar-refractivity contribution is 0.418. The van der Waals surface area contributed by atoms with Gasteiger partial charge in [0.05, 0.1) is 19.0 Å². The van der Waals surface area contributed by atoms with Crippen LogP contribution in [0.15, 0.2) is 54.7 Å².